The monoisotopic (exact) mass is 413 g/mol. The zero-order valence-corrected chi connectivity index (χ0v) is 17.0. The number of nitrogen functional groups attached to an aromatic ring is 1. The lowest BCUT2D eigenvalue weighted by Gasteiger charge is -2.45. The van der Waals surface area contributed by atoms with E-state index in [1.807, 2.05) is 6.07 Å². The number of hydrogen-bond donors (Lipinski definition) is 1. The van der Waals surface area contributed by atoms with Crippen LogP contribution in [0.5, 0.6) is 0 Å². The molecule has 150 valence electrons. The van der Waals surface area contributed by atoms with Gasteiger partial charge in [0, 0.05) is 20.0 Å². The maximum absolute atomic E-state index is 13.1. The highest BCUT2D eigenvalue weighted by molar-refractivity contribution is 6.35. The van der Waals surface area contributed by atoms with Crippen LogP contribution >= 0.6 is 11.6 Å². The fourth-order valence-electron chi connectivity index (χ4n) is 3.72. The Labute approximate surface area is 172 Å². The number of rotatable bonds is 2. The second-order valence-electron chi connectivity index (χ2n) is 7.35. The normalized spacial score (nSPS) is 16.5. The molecule has 0 aromatic carbocycles. The van der Waals surface area contributed by atoms with Crippen molar-refractivity contribution >= 4 is 40.6 Å². The van der Waals surface area contributed by atoms with E-state index in [1.165, 1.54) is 13.3 Å². The number of hydrogen-bond acceptors (Lipinski definition) is 6. The maximum atomic E-state index is 13.1. The minimum absolute atomic E-state index is 0.128. The number of nitrogens with zero attached hydrogens (tertiary/aromatic N) is 6. The molecule has 0 unspecified atom stereocenters. The van der Waals surface area contributed by atoms with E-state index in [1.54, 1.807) is 46.4 Å². The molecule has 0 spiro atoms. The van der Waals surface area contributed by atoms with Crippen molar-refractivity contribution in [3.05, 3.63) is 35.6 Å². The van der Waals surface area contributed by atoms with Crippen molar-refractivity contribution in [3.63, 3.8) is 0 Å². The summed E-state index contributed by atoms with van der Waals surface area (Å²) < 4.78 is 1.58. The summed E-state index contributed by atoms with van der Waals surface area (Å²) in [5.41, 5.74) is 6.69. The van der Waals surface area contributed by atoms with Gasteiger partial charge < -0.3 is 10.6 Å². The molecule has 1 aliphatic rings. The number of fused-ring (bicyclic) bond motifs is 1. The molecule has 0 atom stereocenters. The molecule has 0 saturated carbocycles. The van der Waals surface area contributed by atoms with Crippen LogP contribution in [0.2, 0.25) is 5.02 Å². The van der Waals surface area contributed by atoms with Gasteiger partial charge in [-0.25, -0.2) is 14.5 Å². The third kappa shape index (κ3) is 2.98. The van der Waals surface area contributed by atoms with Gasteiger partial charge in [0.2, 0.25) is 5.91 Å². The molecule has 0 aliphatic carbocycles. The van der Waals surface area contributed by atoms with E-state index in [0.29, 0.717) is 40.8 Å². The van der Waals surface area contributed by atoms with Gasteiger partial charge in [-0.15, -0.1) is 0 Å². The number of aromatic nitrogens is 4. The third-order valence-electron chi connectivity index (χ3n) is 5.18. The first kappa shape index (κ1) is 19.1. The number of anilines is 2. The van der Waals surface area contributed by atoms with Crippen LogP contribution in [0.1, 0.15) is 20.8 Å². The summed E-state index contributed by atoms with van der Waals surface area (Å²) >= 11 is 6.32. The van der Waals surface area contributed by atoms with Crippen LogP contribution in [-0.4, -0.2) is 54.9 Å². The predicted octanol–water partition coefficient (Wildman–Crippen LogP) is 2.00. The molecule has 4 rings (SSSR count). The number of amides is 2. The van der Waals surface area contributed by atoms with Crippen molar-refractivity contribution in [3.8, 4) is 11.4 Å². The van der Waals surface area contributed by atoms with Crippen molar-refractivity contribution in [1.82, 2.24) is 24.5 Å². The van der Waals surface area contributed by atoms with Crippen LogP contribution in [0.25, 0.3) is 16.9 Å². The van der Waals surface area contributed by atoms with Crippen LogP contribution in [0.3, 0.4) is 0 Å². The zero-order chi connectivity index (χ0) is 20.9. The van der Waals surface area contributed by atoms with Gasteiger partial charge in [-0.1, -0.05) is 17.7 Å². The van der Waals surface area contributed by atoms with E-state index in [9.17, 15) is 9.59 Å². The Bertz CT molecular complexity index is 1140. The van der Waals surface area contributed by atoms with Gasteiger partial charge in [-0.3, -0.25) is 14.5 Å². The molecule has 2 N–H and O–H groups in total. The van der Waals surface area contributed by atoms with Crippen molar-refractivity contribution in [2.45, 2.75) is 26.3 Å². The molecule has 29 heavy (non-hydrogen) atoms. The molecule has 9 nitrogen and oxygen atoms in total. The Morgan fingerprint density at radius 1 is 1.28 bits per heavy atom. The topological polar surface area (TPSA) is 110 Å². The third-order valence-corrected chi connectivity index (χ3v) is 5.47. The number of carbonyl (C=O) groups is 2. The summed E-state index contributed by atoms with van der Waals surface area (Å²) in [6.07, 6.45) is 1.35. The summed E-state index contributed by atoms with van der Waals surface area (Å²) in [5, 5.41) is 4.64. The zero-order valence-electron chi connectivity index (χ0n) is 16.3. The lowest BCUT2D eigenvalue weighted by molar-refractivity contribution is -0.145. The van der Waals surface area contributed by atoms with Crippen LogP contribution in [0.15, 0.2) is 30.6 Å². The summed E-state index contributed by atoms with van der Waals surface area (Å²) in [6.45, 7) is 5.75. The van der Waals surface area contributed by atoms with Crippen molar-refractivity contribution in [1.29, 1.82) is 0 Å². The smallest absolute Gasteiger partial charge is 0.253 e. The van der Waals surface area contributed by atoms with Crippen LogP contribution < -0.4 is 10.6 Å². The van der Waals surface area contributed by atoms with Gasteiger partial charge >= 0.3 is 0 Å². The van der Waals surface area contributed by atoms with Gasteiger partial charge in [0.15, 0.2) is 5.82 Å². The van der Waals surface area contributed by atoms with Crippen LogP contribution in [0, 0.1) is 0 Å². The number of nitrogens with two attached hydrogens (primary N) is 1. The second-order valence-corrected chi connectivity index (χ2v) is 7.76. The maximum Gasteiger partial charge on any atom is 0.253 e. The van der Waals surface area contributed by atoms with E-state index >= 15 is 0 Å². The largest absolute Gasteiger partial charge is 0.382 e. The van der Waals surface area contributed by atoms with E-state index in [4.69, 9.17) is 17.3 Å². The first-order chi connectivity index (χ1) is 13.7. The minimum atomic E-state index is -0.950. The highest BCUT2D eigenvalue weighted by atomic mass is 35.5. The average Bonchev–Trinajstić information content (AvgIpc) is 3.01. The number of halogens is 1. The Morgan fingerprint density at radius 2 is 2.03 bits per heavy atom. The first-order valence-electron chi connectivity index (χ1n) is 9.07. The van der Waals surface area contributed by atoms with Crippen molar-refractivity contribution in [2.24, 2.45) is 0 Å². The highest BCUT2D eigenvalue weighted by Gasteiger charge is 2.44. The second kappa shape index (κ2) is 6.70. The average molecular weight is 414 g/mol. The number of carbonyl (C=O) groups excluding carboxylic acids is 2. The molecule has 1 saturated heterocycles. The predicted molar refractivity (Wildman–Crippen MR) is 109 cm³/mol. The van der Waals surface area contributed by atoms with Crippen molar-refractivity contribution < 1.29 is 9.59 Å². The molecule has 0 bridgehead atoms. The van der Waals surface area contributed by atoms with E-state index < -0.39 is 5.54 Å². The Hall–Kier alpha value is -3.20. The van der Waals surface area contributed by atoms with E-state index in [-0.39, 0.29) is 17.6 Å². The van der Waals surface area contributed by atoms with Crippen molar-refractivity contribution in [2.75, 3.05) is 23.7 Å². The van der Waals surface area contributed by atoms with Crippen LogP contribution in [-0.2, 0) is 9.59 Å². The van der Waals surface area contributed by atoms with E-state index in [2.05, 4.69) is 15.1 Å². The Kier molecular flexibility index (Phi) is 4.42. The molecular weight excluding hydrogens is 394 g/mol. The summed E-state index contributed by atoms with van der Waals surface area (Å²) in [7, 11) is 0. The minimum Gasteiger partial charge on any atom is -0.382 e. The fraction of sp³-hybridized carbons (Fsp3) is 0.316. The molecule has 3 aromatic rings. The lowest BCUT2D eigenvalue weighted by atomic mass is 9.97. The van der Waals surface area contributed by atoms with Crippen LogP contribution in [0.4, 0.5) is 11.6 Å². The Balaban J connectivity index is 1.75. The number of pyridine rings is 1. The SMILES string of the molecule is CC(=O)N1CCN(c2cccc(-c3cc(Cl)c4c(N)ncnn34)n2)C(=O)C1(C)C. The van der Waals surface area contributed by atoms with Gasteiger partial charge in [-0.2, -0.15) is 5.10 Å². The molecule has 0 radical (unpaired) electrons. The summed E-state index contributed by atoms with van der Waals surface area (Å²) in [4.78, 5) is 36.8. The quantitative estimate of drug-likeness (QED) is 0.688. The fourth-order valence-corrected chi connectivity index (χ4v) is 4.00. The molecule has 4 heterocycles. The van der Waals surface area contributed by atoms with Gasteiger partial charge in [0.25, 0.3) is 5.91 Å². The highest BCUT2D eigenvalue weighted by Crippen LogP contribution is 2.32. The first-order valence-corrected chi connectivity index (χ1v) is 9.45. The lowest BCUT2D eigenvalue weighted by Crippen LogP contribution is -2.64. The molecule has 2 amide bonds. The Morgan fingerprint density at radius 3 is 2.76 bits per heavy atom. The number of piperazine rings is 1. The van der Waals surface area contributed by atoms with Gasteiger partial charge in [0.1, 0.15) is 23.2 Å². The van der Waals surface area contributed by atoms with Gasteiger partial charge in [0.05, 0.1) is 16.4 Å². The molecule has 10 heteroatoms. The standard InChI is InChI=1S/C19H20ClN7O2/c1-11(28)26-8-7-25(18(29)19(26,2)3)15-6-4-5-13(24-15)14-9-12(20)16-17(21)22-10-23-27(14)16/h4-6,9-10H,7-8H2,1-3H3,(H2,21,22,23). The molecule has 1 aliphatic heterocycles. The van der Waals surface area contributed by atoms with Gasteiger partial charge in [-0.05, 0) is 32.0 Å². The molecular formula is C19H20ClN7O2. The van der Waals surface area contributed by atoms with E-state index in [0.717, 1.165) is 0 Å². The molecule has 1 fully saturated rings. The summed E-state index contributed by atoms with van der Waals surface area (Å²) in [5.74, 6) is 0.450. The summed E-state index contributed by atoms with van der Waals surface area (Å²) in [6, 6.07) is 7.10. The molecule has 3 aromatic heterocycles.